The Kier molecular flexibility index (Phi) is 2.61. The summed E-state index contributed by atoms with van der Waals surface area (Å²) in [5.41, 5.74) is 0.468. The van der Waals surface area contributed by atoms with E-state index in [1.54, 1.807) is 0 Å². The van der Waals surface area contributed by atoms with Gasteiger partial charge in [-0.05, 0) is 58.7 Å². The fourth-order valence-corrected chi connectivity index (χ4v) is 2.96. The fraction of sp³-hybridized carbons (Fsp3) is 1.00. The topological polar surface area (TPSA) is 15.3 Å². The van der Waals surface area contributed by atoms with Gasteiger partial charge in [0.1, 0.15) is 0 Å². The predicted octanol–water partition coefficient (Wildman–Crippen LogP) is 1.47. The van der Waals surface area contributed by atoms with E-state index in [9.17, 15) is 0 Å². The lowest BCUT2D eigenvalue weighted by atomic mass is 9.87. The summed E-state index contributed by atoms with van der Waals surface area (Å²) in [5, 5.41) is 3.66. The lowest BCUT2D eigenvalue weighted by molar-refractivity contribution is 0.301. The van der Waals surface area contributed by atoms with Gasteiger partial charge < -0.3 is 10.2 Å². The molecule has 0 spiro atoms. The molecule has 0 amide bonds. The van der Waals surface area contributed by atoms with E-state index in [1.807, 2.05) is 0 Å². The Labute approximate surface area is 81.7 Å². The largest absolute Gasteiger partial charge is 0.312 e. The number of rotatable bonds is 2. The summed E-state index contributed by atoms with van der Waals surface area (Å²) in [6, 6.07) is 0. The first kappa shape index (κ1) is 9.47. The van der Waals surface area contributed by atoms with Crippen molar-refractivity contribution in [1.29, 1.82) is 0 Å². The molecule has 2 atom stereocenters. The summed E-state index contributed by atoms with van der Waals surface area (Å²) >= 11 is 0. The smallest absolute Gasteiger partial charge is 0.0156 e. The Hall–Kier alpha value is -0.0800. The van der Waals surface area contributed by atoms with Crippen LogP contribution in [-0.4, -0.2) is 37.1 Å². The molecule has 0 aliphatic carbocycles. The Balaban J connectivity index is 1.83. The molecule has 2 rings (SSSR count). The molecule has 0 aromatic heterocycles. The third-order valence-corrected chi connectivity index (χ3v) is 3.69. The second-order valence-corrected chi connectivity index (χ2v) is 5.21. The van der Waals surface area contributed by atoms with Gasteiger partial charge in [-0.3, -0.25) is 0 Å². The van der Waals surface area contributed by atoms with E-state index in [0.29, 0.717) is 5.54 Å². The van der Waals surface area contributed by atoms with Crippen molar-refractivity contribution < 1.29 is 0 Å². The molecule has 1 N–H and O–H groups in total. The molecule has 0 aromatic rings. The van der Waals surface area contributed by atoms with Crippen LogP contribution in [0.15, 0.2) is 0 Å². The van der Waals surface area contributed by atoms with Gasteiger partial charge in [0.25, 0.3) is 0 Å². The van der Waals surface area contributed by atoms with Crippen molar-refractivity contribution in [3.63, 3.8) is 0 Å². The summed E-state index contributed by atoms with van der Waals surface area (Å²) in [6.07, 6.45) is 5.55. The van der Waals surface area contributed by atoms with Gasteiger partial charge in [-0.15, -0.1) is 0 Å². The van der Waals surface area contributed by atoms with Gasteiger partial charge in [0.2, 0.25) is 0 Å². The van der Waals surface area contributed by atoms with Gasteiger partial charge >= 0.3 is 0 Å². The first-order valence-electron chi connectivity index (χ1n) is 5.62. The van der Waals surface area contributed by atoms with Gasteiger partial charge in [0.15, 0.2) is 0 Å². The molecule has 0 radical (unpaired) electrons. The van der Waals surface area contributed by atoms with Crippen molar-refractivity contribution in [1.82, 2.24) is 10.2 Å². The SMILES string of the molecule is CN1CCC(CC2(C)CCCN2)C1. The quantitative estimate of drug-likeness (QED) is 0.695. The predicted molar refractivity (Wildman–Crippen MR) is 55.9 cm³/mol. The normalized spacial score (nSPS) is 41.5. The molecule has 2 aliphatic heterocycles. The third kappa shape index (κ3) is 2.23. The van der Waals surface area contributed by atoms with Gasteiger partial charge in [0, 0.05) is 12.1 Å². The van der Waals surface area contributed by atoms with E-state index in [1.165, 1.54) is 45.3 Å². The van der Waals surface area contributed by atoms with Crippen molar-refractivity contribution in [2.45, 2.75) is 38.1 Å². The molecule has 13 heavy (non-hydrogen) atoms. The van der Waals surface area contributed by atoms with Crippen molar-refractivity contribution >= 4 is 0 Å². The van der Waals surface area contributed by atoms with Crippen LogP contribution < -0.4 is 5.32 Å². The van der Waals surface area contributed by atoms with E-state index < -0.39 is 0 Å². The molecule has 2 saturated heterocycles. The summed E-state index contributed by atoms with van der Waals surface area (Å²) < 4.78 is 0. The maximum atomic E-state index is 3.66. The van der Waals surface area contributed by atoms with Crippen LogP contribution in [0.3, 0.4) is 0 Å². The number of hydrogen-bond donors (Lipinski definition) is 1. The fourth-order valence-electron chi connectivity index (χ4n) is 2.96. The highest BCUT2D eigenvalue weighted by Gasteiger charge is 2.32. The Morgan fingerprint density at radius 1 is 1.54 bits per heavy atom. The van der Waals surface area contributed by atoms with Gasteiger partial charge in [-0.1, -0.05) is 0 Å². The lowest BCUT2D eigenvalue weighted by Crippen LogP contribution is -2.38. The third-order valence-electron chi connectivity index (χ3n) is 3.69. The van der Waals surface area contributed by atoms with Crippen molar-refractivity contribution in [3.8, 4) is 0 Å². The summed E-state index contributed by atoms with van der Waals surface area (Å²) in [7, 11) is 2.24. The zero-order chi connectivity index (χ0) is 9.31. The van der Waals surface area contributed by atoms with Crippen LogP contribution in [0.25, 0.3) is 0 Å². The van der Waals surface area contributed by atoms with E-state index in [4.69, 9.17) is 0 Å². The van der Waals surface area contributed by atoms with Crippen molar-refractivity contribution in [2.24, 2.45) is 5.92 Å². The molecule has 0 aromatic carbocycles. The van der Waals surface area contributed by atoms with Gasteiger partial charge in [-0.2, -0.15) is 0 Å². The van der Waals surface area contributed by atoms with E-state index in [-0.39, 0.29) is 0 Å². The first-order valence-corrected chi connectivity index (χ1v) is 5.62. The summed E-state index contributed by atoms with van der Waals surface area (Å²) in [4.78, 5) is 2.46. The van der Waals surface area contributed by atoms with Crippen LogP contribution in [0.4, 0.5) is 0 Å². The molecule has 0 bridgehead atoms. The second kappa shape index (κ2) is 3.58. The molecule has 0 saturated carbocycles. The molecule has 2 nitrogen and oxygen atoms in total. The number of nitrogens with one attached hydrogen (secondary N) is 1. The minimum atomic E-state index is 0.468. The minimum Gasteiger partial charge on any atom is -0.312 e. The average Bonchev–Trinajstić information content (AvgIpc) is 2.62. The molecule has 76 valence electrons. The Morgan fingerprint density at radius 2 is 2.38 bits per heavy atom. The van der Waals surface area contributed by atoms with E-state index in [0.717, 1.165) is 5.92 Å². The standard InChI is InChI=1S/C11H22N2/c1-11(5-3-6-12-11)8-10-4-7-13(2)9-10/h10,12H,3-9H2,1-2H3. The lowest BCUT2D eigenvalue weighted by Gasteiger charge is -2.27. The van der Waals surface area contributed by atoms with Crippen molar-refractivity contribution in [3.05, 3.63) is 0 Å². The highest BCUT2D eigenvalue weighted by atomic mass is 15.1. The van der Waals surface area contributed by atoms with E-state index in [2.05, 4.69) is 24.2 Å². The molecule has 2 unspecified atom stereocenters. The zero-order valence-electron chi connectivity index (χ0n) is 8.97. The molecular formula is C11H22N2. The molecule has 2 aliphatic rings. The van der Waals surface area contributed by atoms with Gasteiger partial charge in [-0.25, -0.2) is 0 Å². The maximum absolute atomic E-state index is 3.66. The zero-order valence-corrected chi connectivity index (χ0v) is 8.97. The minimum absolute atomic E-state index is 0.468. The molecule has 2 heteroatoms. The van der Waals surface area contributed by atoms with Crippen LogP contribution in [0.2, 0.25) is 0 Å². The van der Waals surface area contributed by atoms with Crippen LogP contribution >= 0.6 is 0 Å². The Morgan fingerprint density at radius 3 is 2.92 bits per heavy atom. The molecule has 2 heterocycles. The number of likely N-dealkylation sites (tertiary alicyclic amines) is 1. The highest BCUT2D eigenvalue weighted by Crippen LogP contribution is 2.30. The highest BCUT2D eigenvalue weighted by molar-refractivity contribution is 4.92. The molecular weight excluding hydrogens is 160 g/mol. The number of nitrogens with zero attached hydrogens (tertiary/aromatic N) is 1. The van der Waals surface area contributed by atoms with Gasteiger partial charge in [0.05, 0.1) is 0 Å². The maximum Gasteiger partial charge on any atom is 0.0156 e. The first-order chi connectivity index (χ1) is 6.18. The monoisotopic (exact) mass is 182 g/mol. The van der Waals surface area contributed by atoms with Crippen LogP contribution in [-0.2, 0) is 0 Å². The van der Waals surface area contributed by atoms with Crippen LogP contribution in [0.5, 0.6) is 0 Å². The summed E-state index contributed by atoms with van der Waals surface area (Å²) in [5.74, 6) is 0.945. The molecule has 2 fully saturated rings. The summed E-state index contributed by atoms with van der Waals surface area (Å²) in [6.45, 7) is 6.26. The Bertz CT molecular complexity index is 173. The second-order valence-electron chi connectivity index (χ2n) is 5.21. The van der Waals surface area contributed by atoms with Crippen molar-refractivity contribution in [2.75, 3.05) is 26.7 Å². The number of hydrogen-bond acceptors (Lipinski definition) is 2. The van der Waals surface area contributed by atoms with E-state index >= 15 is 0 Å². The van der Waals surface area contributed by atoms with Crippen LogP contribution in [0, 0.1) is 5.92 Å². The average molecular weight is 182 g/mol. The van der Waals surface area contributed by atoms with Crippen LogP contribution in [0.1, 0.15) is 32.6 Å².